The Morgan fingerprint density at radius 1 is 1.12 bits per heavy atom. The molecule has 0 saturated heterocycles. The normalized spacial score (nSPS) is 10.6. The molecule has 0 saturated carbocycles. The number of nitrogens with one attached hydrogen (secondary N) is 1. The molecular formula is C12H10N4O. The minimum Gasteiger partial charge on any atom is -0.481 e. The minimum absolute atomic E-state index is 0.578. The third kappa shape index (κ3) is 1.71. The summed E-state index contributed by atoms with van der Waals surface area (Å²) in [6, 6.07) is 5.61. The smallest absolute Gasteiger partial charge is 0.212 e. The monoisotopic (exact) mass is 226 g/mol. The maximum atomic E-state index is 5.00. The Morgan fingerprint density at radius 2 is 2.06 bits per heavy atom. The summed E-state index contributed by atoms with van der Waals surface area (Å²) in [6.45, 7) is 0. The van der Waals surface area contributed by atoms with Crippen LogP contribution in [0.5, 0.6) is 5.88 Å². The van der Waals surface area contributed by atoms with Gasteiger partial charge in [0.2, 0.25) is 5.88 Å². The van der Waals surface area contributed by atoms with Gasteiger partial charge in [0.05, 0.1) is 7.11 Å². The van der Waals surface area contributed by atoms with Crippen LogP contribution in [-0.2, 0) is 0 Å². The number of H-pyrrole nitrogens is 1. The van der Waals surface area contributed by atoms with Gasteiger partial charge in [0.15, 0.2) is 5.82 Å². The van der Waals surface area contributed by atoms with Crippen LogP contribution in [-0.4, -0.2) is 27.0 Å². The molecule has 0 fully saturated rings. The van der Waals surface area contributed by atoms with E-state index in [4.69, 9.17) is 4.74 Å². The van der Waals surface area contributed by atoms with Crippen LogP contribution >= 0.6 is 0 Å². The summed E-state index contributed by atoms with van der Waals surface area (Å²) in [5.41, 5.74) is 1.69. The van der Waals surface area contributed by atoms with E-state index in [1.54, 1.807) is 25.6 Å². The molecule has 0 bridgehead atoms. The first kappa shape index (κ1) is 9.77. The number of ether oxygens (including phenoxy) is 1. The van der Waals surface area contributed by atoms with Crippen molar-refractivity contribution in [3.05, 3.63) is 36.8 Å². The molecule has 1 N–H and O–H groups in total. The van der Waals surface area contributed by atoms with E-state index in [-0.39, 0.29) is 0 Å². The lowest BCUT2D eigenvalue weighted by atomic mass is 10.2. The summed E-state index contributed by atoms with van der Waals surface area (Å²) in [5.74, 6) is 1.23. The Hall–Kier alpha value is -2.43. The van der Waals surface area contributed by atoms with Gasteiger partial charge < -0.3 is 9.72 Å². The number of hydrogen-bond donors (Lipinski definition) is 1. The Kier molecular flexibility index (Phi) is 2.22. The van der Waals surface area contributed by atoms with Crippen molar-refractivity contribution < 1.29 is 4.74 Å². The van der Waals surface area contributed by atoms with Crippen LogP contribution in [0.2, 0.25) is 0 Å². The predicted molar refractivity (Wildman–Crippen MR) is 63.7 cm³/mol. The summed E-state index contributed by atoms with van der Waals surface area (Å²) in [5, 5.41) is 0.996. The molecule has 0 radical (unpaired) electrons. The Labute approximate surface area is 97.5 Å². The number of aromatic amines is 1. The van der Waals surface area contributed by atoms with Crippen molar-refractivity contribution in [3.8, 4) is 17.3 Å². The molecule has 0 spiro atoms. The lowest BCUT2D eigenvalue weighted by Crippen LogP contribution is -1.91. The molecule has 3 heterocycles. The van der Waals surface area contributed by atoms with Crippen molar-refractivity contribution in [3.63, 3.8) is 0 Å². The van der Waals surface area contributed by atoms with Crippen LogP contribution in [0.3, 0.4) is 0 Å². The lowest BCUT2D eigenvalue weighted by Gasteiger charge is -2.01. The molecule has 0 aliphatic heterocycles. The molecule has 3 aromatic rings. The number of hydrogen-bond acceptors (Lipinski definition) is 4. The Balaban J connectivity index is 2.06. The fraction of sp³-hybridized carbons (Fsp3) is 0.0833. The van der Waals surface area contributed by atoms with Crippen molar-refractivity contribution >= 4 is 11.0 Å². The van der Waals surface area contributed by atoms with E-state index in [1.165, 1.54) is 0 Å². The maximum Gasteiger partial charge on any atom is 0.212 e. The first-order chi connectivity index (χ1) is 8.36. The van der Waals surface area contributed by atoms with Gasteiger partial charge in [-0.05, 0) is 12.1 Å². The fourth-order valence-corrected chi connectivity index (χ4v) is 1.61. The molecule has 0 aliphatic rings. The summed E-state index contributed by atoms with van der Waals surface area (Å²) in [7, 11) is 1.59. The zero-order chi connectivity index (χ0) is 11.7. The van der Waals surface area contributed by atoms with Crippen molar-refractivity contribution in [2.24, 2.45) is 0 Å². The number of fused-ring (bicyclic) bond motifs is 1. The van der Waals surface area contributed by atoms with Gasteiger partial charge in [-0.3, -0.25) is 0 Å². The number of pyridine rings is 1. The molecule has 17 heavy (non-hydrogen) atoms. The van der Waals surface area contributed by atoms with Gasteiger partial charge in [0.1, 0.15) is 5.65 Å². The second-order valence-electron chi connectivity index (χ2n) is 3.56. The molecule has 0 amide bonds. The van der Waals surface area contributed by atoms with Gasteiger partial charge in [-0.1, -0.05) is 0 Å². The van der Waals surface area contributed by atoms with Crippen molar-refractivity contribution in [2.75, 3.05) is 7.11 Å². The Bertz CT molecular complexity index is 645. The standard InChI is InChI=1S/C12H10N4O/c1-17-10-3-2-8(6-14-10)12-15-7-9-4-5-13-11(9)16-12/h2-7H,1H3,(H,13,15,16). The SMILES string of the molecule is COc1ccc(-c2ncc3cc[nH]c3n2)cn1. The van der Waals surface area contributed by atoms with Crippen molar-refractivity contribution in [1.29, 1.82) is 0 Å². The largest absolute Gasteiger partial charge is 0.481 e. The van der Waals surface area contributed by atoms with Gasteiger partial charge in [-0.15, -0.1) is 0 Å². The van der Waals surface area contributed by atoms with Crippen LogP contribution in [0.25, 0.3) is 22.4 Å². The summed E-state index contributed by atoms with van der Waals surface area (Å²) < 4.78 is 5.00. The quantitative estimate of drug-likeness (QED) is 0.726. The first-order valence-corrected chi connectivity index (χ1v) is 5.17. The second kappa shape index (κ2) is 3.86. The molecule has 3 rings (SSSR count). The molecule has 0 aliphatic carbocycles. The molecular weight excluding hydrogens is 216 g/mol. The summed E-state index contributed by atoms with van der Waals surface area (Å²) in [6.07, 6.45) is 5.33. The highest BCUT2D eigenvalue weighted by molar-refractivity contribution is 5.76. The van der Waals surface area contributed by atoms with E-state index in [1.807, 2.05) is 18.3 Å². The number of nitrogens with zero attached hydrogens (tertiary/aromatic N) is 3. The zero-order valence-corrected chi connectivity index (χ0v) is 9.21. The molecule has 0 atom stereocenters. The average molecular weight is 226 g/mol. The summed E-state index contributed by atoms with van der Waals surface area (Å²) in [4.78, 5) is 15.9. The second-order valence-corrected chi connectivity index (χ2v) is 3.56. The third-order valence-electron chi connectivity index (χ3n) is 2.50. The predicted octanol–water partition coefficient (Wildman–Crippen LogP) is 2.03. The van der Waals surface area contributed by atoms with Crippen LogP contribution in [0.4, 0.5) is 0 Å². The van der Waals surface area contributed by atoms with Crippen LogP contribution in [0, 0.1) is 0 Å². The van der Waals surface area contributed by atoms with Gasteiger partial charge in [0, 0.05) is 35.6 Å². The number of rotatable bonds is 2. The van der Waals surface area contributed by atoms with Crippen molar-refractivity contribution in [1.82, 2.24) is 19.9 Å². The number of methoxy groups -OCH3 is 1. The summed E-state index contributed by atoms with van der Waals surface area (Å²) >= 11 is 0. The van der Waals surface area contributed by atoms with E-state index in [2.05, 4.69) is 19.9 Å². The lowest BCUT2D eigenvalue weighted by molar-refractivity contribution is 0.398. The van der Waals surface area contributed by atoms with E-state index < -0.39 is 0 Å². The molecule has 5 heteroatoms. The van der Waals surface area contributed by atoms with Gasteiger partial charge in [-0.2, -0.15) is 0 Å². The minimum atomic E-state index is 0.578. The highest BCUT2D eigenvalue weighted by atomic mass is 16.5. The molecule has 84 valence electrons. The molecule has 5 nitrogen and oxygen atoms in total. The third-order valence-corrected chi connectivity index (χ3v) is 2.50. The van der Waals surface area contributed by atoms with Crippen molar-refractivity contribution in [2.45, 2.75) is 0 Å². The number of aromatic nitrogens is 4. The average Bonchev–Trinajstić information content (AvgIpc) is 2.86. The Morgan fingerprint density at radius 3 is 2.82 bits per heavy atom. The van der Waals surface area contributed by atoms with E-state index >= 15 is 0 Å². The first-order valence-electron chi connectivity index (χ1n) is 5.17. The molecule has 0 unspecified atom stereocenters. The maximum absolute atomic E-state index is 5.00. The van der Waals surface area contributed by atoms with E-state index in [9.17, 15) is 0 Å². The van der Waals surface area contributed by atoms with E-state index in [0.29, 0.717) is 11.7 Å². The zero-order valence-electron chi connectivity index (χ0n) is 9.21. The fourth-order valence-electron chi connectivity index (χ4n) is 1.61. The molecule has 3 aromatic heterocycles. The van der Waals surface area contributed by atoms with Gasteiger partial charge >= 0.3 is 0 Å². The van der Waals surface area contributed by atoms with Gasteiger partial charge in [-0.25, -0.2) is 15.0 Å². The van der Waals surface area contributed by atoms with Crippen LogP contribution in [0.15, 0.2) is 36.8 Å². The highest BCUT2D eigenvalue weighted by Crippen LogP contribution is 2.18. The molecule has 0 aromatic carbocycles. The topological polar surface area (TPSA) is 63.7 Å². The van der Waals surface area contributed by atoms with Crippen LogP contribution < -0.4 is 4.74 Å². The highest BCUT2D eigenvalue weighted by Gasteiger charge is 2.04. The van der Waals surface area contributed by atoms with Gasteiger partial charge in [0.25, 0.3) is 0 Å². The van der Waals surface area contributed by atoms with E-state index in [0.717, 1.165) is 16.6 Å². The van der Waals surface area contributed by atoms with Crippen LogP contribution in [0.1, 0.15) is 0 Å².